The summed E-state index contributed by atoms with van der Waals surface area (Å²) in [5.74, 6) is -1.58. The number of furan rings is 1. The zero-order chi connectivity index (χ0) is 12.3. The van der Waals surface area contributed by atoms with E-state index >= 15 is 0 Å². The van der Waals surface area contributed by atoms with Crippen molar-refractivity contribution in [2.45, 2.75) is 25.6 Å². The Labute approximate surface area is 89.1 Å². The summed E-state index contributed by atoms with van der Waals surface area (Å²) in [7, 11) is 0. The van der Waals surface area contributed by atoms with E-state index in [2.05, 4.69) is 5.32 Å². The third-order valence-corrected chi connectivity index (χ3v) is 1.74. The number of alkyl halides is 3. The predicted molar refractivity (Wildman–Crippen MR) is 49.4 cm³/mol. The molecule has 7 heteroatoms. The van der Waals surface area contributed by atoms with Crippen molar-refractivity contribution in [2.75, 3.05) is 5.32 Å². The molecule has 0 saturated heterocycles. The molecule has 4 nitrogen and oxygen atoms in total. The van der Waals surface area contributed by atoms with Crippen LogP contribution in [-0.2, 0) is 0 Å². The van der Waals surface area contributed by atoms with Gasteiger partial charge in [0.25, 0.3) is 0 Å². The van der Waals surface area contributed by atoms with Crippen LogP contribution in [0, 0.1) is 0 Å². The largest absolute Gasteiger partial charge is 0.475 e. The molecule has 0 bridgehead atoms. The zero-order valence-corrected chi connectivity index (χ0v) is 8.34. The number of hydrogen-bond acceptors (Lipinski definition) is 3. The van der Waals surface area contributed by atoms with Crippen molar-refractivity contribution in [3.8, 4) is 0 Å². The van der Waals surface area contributed by atoms with Gasteiger partial charge in [-0.2, -0.15) is 13.2 Å². The summed E-state index contributed by atoms with van der Waals surface area (Å²) >= 11 is 0. The van der Waals surface area contributed by atoms with E-state index < -0.39 is 24.6 Å². The molecule has 2 N–H and O–H groups in total. The van der Waals surface area contributed by atoms with Crippen molar-refractivity contribution < 1.29 is 27.5 Å². The van der Waals surface area contributed by atoms with E-state index in [1.807, 2.05) is 0 Å². The fourth-order valence-corrected chi connectivity index (χ4v) is 1.17. The fraction of sp³-hybridized carbons (Fsp3) is 0.444. The standard InChI is InChI=1S/C9H10F3NO3/c1-5(4-9(10,11)12)13-7-3-2-6(16-7)8(14)15/h2-3,5,13H,4H2,1H3,(H,14,15). The molecule has 1 aromatic rings. The van der Waals surface area contributed by atoms with E-state index in [-0.39, 0.29) is 11.6 Å². The van der Waals surface area contributed by atoms with Crippen LogP contribution in [0.2, 0.25) is 0 Å². The molecule has 1 atom stereocenters. The molecule has 0 saturated carbocycles. The molecule has 0 aliphatic heterocycles. The van der Waals surface area contributed by atoms with Crippen molar-refractivity contribution in [3.05, 3.63) is 17.9 Å². The van der Waals surface area contributed by atoms with Gasteiger partial charge in [-0.1, -0.05) is 0 Å². The van der Waals surface area contributed by atoms with Crippen LogP contribution >= 0.6 is 0 Å². The number of hydrogen-bond donors (Lipinski definition) is 2. The summed E-state index contributed by atoms with van der Waals surface area (Å²) in [6.45, 7) is 1.33. The molecule has 1 unspecified atom stereocenters. The van der Waals surface area contributed by atoms with Crippen LogP contribution < -0.4 is 5.32 Å². The maximum atomic E-state index is 12.0. The van der Waals surface area contributed by atoms with E-state index in [1.54, 1.807) is 0 Å². The highest BCUT2D eigenvalue weighted by Gasteiger charge is 2.30. The molecule has 90 valence electrons. The van der Waals surface area contributed by atoms with Gasteiger partial charge < -0.3 is 14.8 Å². The molecule has 1 rings (SSSR count). The lowest BCUT2D eigenvalue weighted by molar-refractivity contribution is -0.136. The third kappa shape index (κ3) is 3.84. The minimum Gasteiger partial charge on any atom is -0.475 e. The van der Waals surface area contributed by atoms with E-state index in [0.717, 1.165) is 0 Å². The van der Waals surface area contributed by atoms with Gasteiger partial charge in [-0.3, -0.25) is 0 Å². The summed E-state index contributed by atoms with van der Waals surface area (Å²) in [5.41, 5.74) is 0. The van der Waals surface area contributed by atoms with Gasteiger partial charge >= 0.3 is 12.1 Å². The Bertz CT molecular complexity index is 372. The normalized spacial score (nSPS) is 13.5. The molecule has 0 spiro atoms. The maximum Gasteiger partial charge on any atom is 0.391 e. The van der Waals surface area contributed by atoms with Gasteiger partial charge in [0.05, 0.1) is 6.42 Å². The SMILES string of the molecule is CC(CC(F)(F)F)Nc1ccc(C(=O)O)o1. The molecule has 0 radical (unpaired) electrons. The summed E-state index contributed by atoms with van der Waals surface area (Å²) in [5, 5.41) is 10.9. The van der Waals surface area contributed by atoms with Crippen LogP contribution in [0.4, 0.5) is 19.1 Å². The van der Waals surface area contributed by atoms with Gasteiger partial charge in [0.15, 0.2) is 5.88 Å². The fourth-order valence-electron chi connectivity index (χ4n) is 1.17. The Kier molecular flexibility index (Phi) is 3.46. The summed E-state index contributed by atoms with van der Waals surface area (Å²) in [6, 6.07) is 1.56. The van der Waals surface area contributed by atoms with Crippen LogP contribution in [0.1, 0.15) is 23.9 Å². The van der Waals surface area contributed by atoms with Gasteiger partial charge in [0, 0.05) is 12.1 Å². The van der Waals surface area contributed by atoms with E-state index in [0.29, 0.717) is 0 Å². The van der Waals surface area contributed by atoms with Crippen molar-refractivity contribution in [3.63, 3.8) is 0 Å². The van der Waals surface area contributed by atoms with Crippen LogP contribution in [0.25, 0.3) is 0 Å². The summed E-state index contributed by atoms with van der Waals surface area (Å²) < 4.78 is 40.7. The predicted octanol–water partition coefficient (Wildman–Crippen LogP) is 2.73. The summed E-state index contributed by atoms with van der Waals surface area (Å²) in [6.07, 6.45) is -5.29. The second-order valence-corrected chi connectivity index (χ2v) is 3.33. The van der Waals surface area contributed by atoms with Crippen LogP contribution in [0.5, 0.6) is 0 Å². The van der Waals surface area contributed by atoms with Crippen molar-refractivity contribution in [2.24, 2.45) is 0 Å². The zero-order valence-electron chi connectivity index (χ0n) is 8.34. The third-order valence-electron chi connectivity index (χ3n) is 1.74. The quantitative estimate of drug-likeness (QED) is 0.845. The van der Waals surface area contributed by atoms with Crippen LogP contribution in [0.3, 0.4) is 0 Å². The van der Waals surface area contributed by atoms with E-state index in [4.69, 9.17) is 9.52 Å². The molecule has 0 aliphatic carbocycles. The molecule has 0 amide bonds. The molecule has 1 heterocycles. The molecule has 16 heavy (non-hydrogen) atoms. The van der Waals surface area contributed by atoms with Crippen molar-refractivity contribution in [1.82, 2.24) is 0 Å². The Hall–Kier alpha value is -1.66. The van der Waals surface area contributed by atoms with Crippen LogP contribution in [0.15, 0.2) is 16.5 Å². The highest BCUT2D eigenvalue weighted by atomic mass is 19.4. The molecule has 0 aromatic carbocycles. The van der Waals surface area contributed by atoms with Gasteiger partial charge in [-0.05, 0) is 13.0 Å². The maximum absolute atomic E-state index is 12.0. The van der Waals surface area contributed by atoms with Gasteiger partial charge in [-0.15, -0.1) is 0 Å². The first-order valence-corrected chi connectivity index (χ1v) is 4.44. The monoisotopic (exact) mass is 237 g/mol. The number of nitrogens with one attached hydrogen (secondary N) is 1. The lowest BCUT2D eigenvalue weighted by Crippen LogP contribution is -2.23. The summed E-state index contributed by atoms with van der Waals surface area (Å²) in [4.78, 5) is 10.4. The number of halogens is 3. The van der Waals surface area contributed by atoms with Crippen molar-refractivity contribution >= 4 is 11.9 Å². The number of aromatic carboxylic acids is 1. The van der Waals surface area contributed by atoms with Crippen LogP contribution in [-0.4, -0.2) is 23.3 Å². The smallest absolute Gasteiger partial charge is 0.391 e. The van der Waals surface area contributed by atoms with E-state index in [1.165, 1.54) is 19.1 Å². The van der Waals surface area contributed by atoms with Gasteiger partial charge in [0.2, 0.25) is 5.76 Å². The Balaban J connectivity index is 2.56. The molecule has 0 fully saturated rings. The number of carbonyl (C=O) groups is 1. The number of anilines is 1. The number of carboxylic acids is 1. The topological polar surface area (TPSA) is 62.5 Å². The molecule has 0 aliphatic rings. The van der Waals surface area contributed by atoms with Gasteiger partial charge in [-0.25, -0.2) is 4.79 Å². The minimum absolute atomic E-state index is 0.00847. The number of rotatable bonds is 4. The number of carboxylic acid groups (broad SMARTS) is 1. The Morgan fingerprint density at radius 3 is 2.62 bits per heavy atom. The lowest BCUT2D eigenvalue weighted by Gasteiger charge is -2.14. The second-order valence-electron chi connectivity index (χ2n) is 3.33. The second kappa shape index (κ2) is 4.46. The van der Waals surface area contributed by atoms with Gasteiger partial charge in [0.1, 0.15) is 0 Å². The highest BCUT2D eigenvalue weighted by Crippen LogP contribution is 2.23. The first-order valence-electron chi connectivity index (χ1n) is 4.44. The molecular formula is C9H10F3NO3. The Morgan fingerprint density at radius 2 is 2.19 bits per heavy atom. The lowest BCUT2D eigenvalue weighted by atomic mass is 10.2. The average molecular weight is 237 g/mol. The first-order chi connectivity index (χ1) is 7.28. The Morgan fingerprint density at radius 1 is 1.56 bits per heavy atom. The molecule has 1 aromatic heterocycles. The average Bonchev–Trinajstić information content (AvgIpc) is 2.48. The molecular weight excluding hydrogens is 227 g/mol. The first kappa shape index (κ1) is 12.4. The highest BCUT2D eigenvalue weighted by molar-refractivity contribution is 5.84. The minimum atomic E-state index is -4.27. The van der Waals surface area contributed by atoms with Crippen molar-refractivity contribution in [1.29, 1.82) is 0 Å². The van der Waals surface area contributed by atoms with E-state index in [9.17, 15) is 18.0 Å².